The summed E-state index contributed by atoms with van der Waals surface area (Å²) in [5.41, 5.74) is -0.678. The van der Waals surface area contributed by atoms with Gasteiger partial charge in [0, 0.05) is 31.0 Å². The van der Waals surface area contributed by atoms with Gasteiger partial charge in [-0.2, -0.15) is 4.48 Å². The molecule has 0 bridgehead atoms. The van der Waals surface area contributed by atoms with E-state index in [0.29, 0.717) is 11.6 Å². The quantitative estimate of drug-likeness (QED) is 0.476. The molecule has 8 nitrogen and oxygen atoms in total. The van der Waals surface area contributed by atoms with E-state index in [1.54, 1.807) is 52.8 Å². The van der Waals surface area contributed by atoms with Crippen LogP contribution in [0.25, 0.3) is 0 Å². The van der Waals surface area contributed by atoms with Crippen LogP contribution < -0.4 is 10.6 Å². The van der Waals surface area contributed by atoms with Gasteiger partial charge in [-0.1, -0.05) is 31.5 Å². The second-order valence-electron chi connectivity index (χ2n) is 10.1. The summed E-state index contributed by atoms with van der Waals surface area (Å²) < 4.78 is 4.87. The molecule has 1 heterocycles. The van der Waals surface area contributed by atoms with Gasteiger partial charge in [0.05, 0.1) is 6.54 Å². The number of halogens is 1. The maximum atomic E-state index is 13.5. The third-order valence-corrected chi connectivity index (χ3v) is 6.83. The molecule has 9 heteroatoms. The van der Waals surface area contributed by atoms with Crippen LogP contribution in [-0.2, 0) is 22.6 Å². The van der Waals surface area contributed by atoms with E-state index in [2.05, 4.69) is 10.6 Å². The predicted octanol–water partition coefficient (Wildman–Crippen LogP) is 4.65. The number of nitrogens with zero attached hydrogens (tertiary/aromatic N) is 1. The van der Waals surface area contributed by atoms with E-state index in [-0.39, 0.29) is 32.0 Å². The molecule has 1 aliphatic heterocycles. The molecule has 190 valence electrons. The Hall–Kier alpha value is -2.16. The lowest BCUT2D eigenvalue weighted by atomic mass is 9.94. The minimum atomic E-state index is -1.55. The molecule has 1 aromatic rings. The van der Waals surface area contributed by atoms with Crippen molar-refractivity contribution in [2.45, 2.75) is 97.6 Å². The monoisotopic (exact) mass is 496 g/mol. The average molecular weight is 497 g/mol. The number of quaternary nitrogens is 1. The lowest BCUT2D eigenvalue weighted by Crippen LogP contribution is -2.68. The zero-order valence-electron chi connectivity index (χ0n) is 21.2. The molecule has 2 atom stereocenters. The maximum absolute atomic E-state index is 13.5. The van der Waals surface area contributed by atoms with Crippen LogP contribution in [0.2, 0.25) is 5.02 Å². The van der Waals surface area contributed by atoms with Crippen LogP contribution in [0.5, 0.6) is 0 Å². The number of ether oxygens (including phenoxy) is 1. The number of amides is 4. The number of carbonyl (C=O) groups excluding carboxylic acids is 3. The molecule has 3 N–H and O–H groups in total. The topological polar surface area (TPSA) is 105 Å². The van der Waals surface area contributed by atoms with Crippen LogP contribution in [0, 0.1) is 0 Å². The number of urea groups is 1. The lowest BCUT2D eigenvalue weighted by Gasteiger charge is -2.38. The van der Waals surface area contributed by atoms with Crippen molar-refractivity contribution in [1.29, 1.82) is 0 Å². The van der Waals surface area contributed by atoms with Crippen molar-refractivity contribution in [1.82, 2.24) is 10.6 Å². The van der Waals surface area contributed by atoms with Gasteiger partial charge in [-0.05, 0) is 63.8 Å². The summed E-state index contributed by atoms with van der Waals surface area (Å²) in [5, 5.41) is 17.1. The van der Waals surface area contributed by atoms with Crippen LogP contribution in [-0.4, -0.2) is 51.4 Å². The molecule has 0 aliphatic carbocycles. The number of benzene rings is 1. The summed E-state index contributed by atoms with van der Waals surface area (Å²) in [4.78, 5) is 39.1. The molecule has 34 heavy (non-hydrogen) atoms. The van der Waals surface area contributed by atoms with E-state index in [1.807, 2.05) is 6.92 Å². The predicted molar refractivity (Wildman–Crippen MR) is 131 cm³/mol. The molecule has 2 rings (SSSR count). The highest BCUT2D eigenvalue weighted by molar-refractivity contribution is 6.30. The minimum absolute atomic E-state index is 0.126. The van der Waals surface area contributed by atoms with Crippen molar-refractivity contribution in [3.05, 3.63) is 34.3 Å². The maximum Gasteiger partial charge on any atom is 0.424 e. The Kier molecular flexibility index (Phi) is 9.13. The van der Waals surface area contributed by atoms with Crippen molar-refractivity contribution in [2.24, 2.45) is 0 Å². The SMILES string of the molecule is CCC(O)(CC)C(=O)[N+]1(C(=O)NCc2cc(Cl)ccc2CNC(=O)OC(C)(C)C)CCC[C@H]1C. The third kappa shape index (κ3) is 6.29. The van der Waals surface area contributed by atoms with Crippen LogP contribution >= 0.6 is 11.6 Å². The number of likely N-dealkylation sites (tertiary alicyclic amines) is 1. The average Bonchev–Trinajstić information content (AvgIpc) is 3.16. The van der Waals surface area contributed by atoms with E-state index in [4.69, 9.17) is 16.3 Å². The molecule has 0 radical (unpaired) electrons. The molecular weight excluding hydrogens is 458 g/mol. The van der Waals surface area contributed by atoms with Gasteiger partial charge in [0.2, 0.25) is 0 Å². The zero-order valence-corrected chi connectivity index (χ0v) is 21.9. The number of aliphatic hydroxyl groups is 1. The first kappa shape index (κ1) is 28.1. The first-order valence-electron chi connectivity index (χ1n) is 12.0. The highest BCUT2D eigenvalue weighted by atomic mass is 35.5. The van der Waals surface area contributed by atoms with Crippen molar-refractivity contribution >= 4 is 29.6 Å². The fraction of sp³-hybridized carbons (Fsp3) is 0.640. The normalized spacial score (nSPS) is 20.6. The summed E-state index contributed by atoms with van der Waals surface area (Å²) in [6, 6.07) is 4.55. The molecule has 1 unspecified atom stereocenters. The molecule has 1 aliphatic rings. The third-order valence-electron chi connectivity index (χ3n) is 6.60. The van der Waals surface area contributed by atoms with Crippen molar-refractivity contribution in [2.75, 3.05) is 6.54 Å². The standard InChI is InChI=1S/C25H38ClN3O5/c1-7-25(33,8-2)21(30)29(13-9-10-17(29)3)22(31)27-16-19-14-20(26)12-11-18(19)15-28-23(32)34-24(4,5)6/h11-12,14,17,33H,7-10,13,15-16H2,1-6H3,(H-,27,28,31,32)/p+1/t17-,29?/m1/s1. The number of alkyl carbamates (subject to hydrolysis) is 1. The largest absolute Gasteiger partial charge is 0.444 e. The molecular formula is C25H39ClN3O5+. The Morgan fingerprint density at radius 1 is 1.12 bits per heavy atom. The van der Waals surface area contributed by atoms with Gasteiger partial charge in [-0.3, -0.25) is 0 Å². The van der Waals surface area contributed by atoms with Crippen molar-refractivity contribution in [3.8, 4) is 0 Å². The number of hydrogen-bond donors (Lipinski definition) is 3. The summed E-state index contributed by atoms with van der Waals surface area (Å²) in [7, 11) is 0. The number of carbonyl (C=O) groups is 3. The van der Waals surface area contributed by atoms with E-state index in [0.717, 1.165) is 24.0 Å². The number of rotatable bonds is 7. The summed E-state index contributed by atoms with van der Waals surface area (Å²) in [6.07, 6.45) is 1.40. The Morgan fingerprint density at radius 2 is 1.74 bits per heavy atom. The fourth-order valence-electron chi connectivity index (χ4n) is 4.42. The Bertz CT molecular complexity index is 910. The fourth-order valence-corrected chi connectivity index (χ4v) is 4.62. The highest BCUT2D eigenvalue weighted by Crippen LogP contribution is 2.33. The van der Waals surface area contributed by atoms with E-state index >= 15 is 0 Å². The van der Waals surface area contributed by atoms with Gasteiger partial charge >= 0.3 is 18.0 Å². The lowest BCUT2D eigenvalue weighted by molar-refractivity contribution is -0.788. The second-order valence-corrected chi connectivity index (χ2v) is 10.5. The molecule has 1 saturated heterocycles. The van der Waals surface area contributed by atoms with Gasteiger partial charge in [0.25, 0.3) is 0 Å². The Labute approximate surface area is 207 Å². The van der Waals surface area contributed by atoms with Gasteiger partial charge in [0.1, 0.15) is 11.6 Å². The first-order chi connectivity index (χ1) is 15.8. The van der Waals surface area contributed by atoms with Crippen molar-refractivity contribution < 1.29 is 28.7 Å². The first-order valence-corrected chi connectivity index (χ1v) is 12.3. The van der Waals surface area contributed by atoms with E-state index < -0.39 is 33.7 Å². The van der Waals surface area contributed by atoms with E-state index in [1.165, 1.54) is 0 Å². The zero-order chi connectivity index (χ0) is 25.7. The van der Waals surface area contributed by atoms with Gasteiger partial charge in [-0.15, -0.1) is 0 Å². The molecule has 0 aromatic heterocycles. The second kappa shape index (κ2) is 11.1. The molecule has 0 saturated carbocycles. The van der Waals surface area contributed by atoms with Crippen molar-refractivity contribution in [3.63, 3.8) is 0 Å². The van der Waals surface area contributed by atoms with Gasteiger partial charge in [0.15, 0.2) is 5.60 Å². The van der Waals surface area contributed by atoms with Crippen LogP contribution in [0.4, 0.5) is 9.59 Å². The van der Waals surface area contributed by atoms with Crippen LogP contribution in [0.3, 0.4) is 0 Å². The van der Waals surface area contributed by atoms with Crippen LogP contribution in [0.1, 0.15) is 78.4 Å². The molecule has 1 fully saturated rings. The number of nitrogens with one attached hydrogen (secondary N) is 2. The van der Waals surface area contributed by atoms with E-state index in [9.17, 15) is 19.5 Å². The van der Waals surface area contributed by atoms with Crippen LogP contribution in [0.15, 0.2) is 18.2 Å². The molecule has 0 spiro atoms. The number of imide groups is 1. The number of hydrogen-bond acceptors (Lipinski definition) is 5. The Morgan fingerprint density at radius 3 is 2.26 bits per heavy atom. The smallest absolute Gasteiger partial charge is 0.424 e. The molecule has 4 amide bonds. The summed E-state index contributed by atoms with van der Waals surface area (Å²) in [5.74, 6) is -0.446. The molecule has 1 aromatic carbocycles. The van der Waals surface area contributed by atoms with Gasteiger partial charge < -0.3 is 20.5 Å². The highest BCUT2D eigenvalue weighted by Gasteiger charge is 2.58. The van der Waals surface area contributed by atoms with Gasteiger partial charge in [-0.25, -0.2) is 14.4 Å². The summed E-state index contributed by atoms with van der Waals surface area (Å²) in [6.45, 7) is 11.4. The summed E-state index contributed by atoms with van der Waals surface area (Å²) >= 11 is 6.19. The minimum Gasteiger partial charge on any atom is -0.444 e. The Balaban J connectivity index is 2.21.